The van der Waals surface area contributed by atoms with E-state index in [1.54, 1.807) is 53.5 Å². The van der Waals surface area contributed by atoms with E-state index in [4.69, 9.17) is 4.74 Å². The molecule has 1 amide bonds. The number of carbonyl (C=O) groups is 1. The molecule has 0 saturated carbocycles. The van der Waals surface area contributed by atoms with Crippen molar-refractivity contribution in [2.24, 2.45) is 0 Å². The number of H-pyrrole nitrogens is 1. The van der Waals surface area contributed by atoms with Gasteiger partial charge in [0.05, 0.1) is 32.5 Å². The van der Waals surface area contributed by atoms with Crippen molar-refractivity contribution in [1.82, 2.24) is 29.5 Å². The van der Waals surface area contributed by atoms with Crippen molar-refractivity contribution in [3.05, 3.63) is 105 Å². The second kappa shape index (κ2) is 13.1. The van der Waals surface area contributed by atoms with Crippen LogP contribution in [0.15, 0.2) is 76.6 Å². The van der Waals surface area contributed by atoms with E-state index >= 15 is 0 Å². The number of benzene rings is 2. The van der Waals surface area contributed by atoms with E-state index in [0.717, 1.165) is 30.3 Å². The fraction of sp³-hybridized carbons (Fsp3) is 0.310. The Hall–Kier alpha value is -4.69. The van der Waals surface area contributed by atoms with E-state index in [2.05, 4.69) is 25.0 Å². The maximum Gasteiger partial charge on any atom is 0.573 e. The predicted molar refractivity (Wildman–Crippen MR) is 150 cm³/mol. The molecule has 226 valence electrons. The first-order chi connectivity index (χ1) is 20.6. The average Bonchev–Trinajstić information content (AvgIpc) is 3.46. The minimum absolute atomic E-state index is 0.00811. The Morgan fingerprint density at radius 1 is 1.02 bits per heavy atom. The van der Waals surface area contributed by atoms with Gasteiger partial charge in [-0.3, -0.25) is 23.7 Å². The van der Waals surface area contributed by atoms with Crippen molar-refractivity contribution in [2.75, 3.05) is 32.8 Å². The summed E-state index contributed by atoms with van der Waals surface area (Å²) in [6.45, 7) is 4.03. The Kier molecular flexibility index (Phi) is 9.07. The smallest absolute Gasteiger partial charge is 0.405 e. The number of halogens is 3. The van der Waals surface area contributed by atoms with Gasteiger partial charge in [-0.2, -0.15) is 5.10 Å². The molecule has 0 unspecified atom stereocenters. The molecule has 1 aliphatic rings. The highest BCUT2D eigenvalue weighted by Crippen LogP contribution is 2.31. The molecular formula is C29H29F3N6O5. The lowest BCUT2D eigenvalue weighted by molar-refractivity contribution is -0.274. The summed E-state index contributed by atoms with van der Waals surface area (Å²) in [7, 11) is 0. The average molecular weight is 599 g/mol. The minimum atomic E-state index is -4.98. The maximum absolute atomic E-state index is 13.3. The molecule has 0 radical (unpaired) electrons. The Bertz CT molecular complexity index is 1650. The van der Waals surface area contributed by atoms with Crippen LogP contribution in [-0.2, 0) is 24.4 Å². The molecule has 0 aliphatic carbocycles. The lowest BCUT2D eigenvalue weighted by atomic mass is 10.1. The zero-order valence-electron chi connectivity index (χ0n) is 23.0. The lowest BCUT2D eigenvalue weighted by Crippen LogP contribution is -2.38. The van der Waals surface area contributed by atoms with Gasteiger partial charge in [-0.25, -0.2) is 4.79 Å². The van der Waals surface area contributed by atoms with E-state index in [1.165, 1.54) is 12.1 Å². The number of aromatic amines is 1. The number of ether oxygens (including phenoxy) is 2. The number of aromatic nitrogens is 4. The number of morpholine rings is 1. The van der Waals surface area contributed by atoms with Gasteiger partial charge in [-0.05, 0) is 17.2 Å². The fourth-order valence-electron chi connectivity index (χ4n) is 4.63. The highest BCUT2D eigenvalue weighted by atomic mass is 19.4. The van der Waals surface area contributed by atoms with Crippen LogP contribution >= 0.6 is 0 Å². The second-order valence-electron chi connectivity index (χ2n) is 9.90. The first kappa shape index (κ1) is 29.8. The van der Waals surface area contributed by atoms with Gasteiger partial charge in [0.15, 0.2) is 0 Å². The quantitative estimate of drug-likeness (QED) is 0.288. The molecule has 43 heavy (non-hydrogen) atoms. The van der Waals surface area contributed by atoms with Gasteiger partial charge >= 0.3 is 12.1 Å². The highest BCUT2D eigenvalue weighted by molar-refractivity contribution is 5.92. The molecule has 2 aromatic carbocycles. The van der Waals surface area contributed by atoms with Crippen LogP contribution in [0.25, 0.3) is 11.1 Å². The monoisotopic (exact) mass is 598 g/mol. The predicted octanol–water partition coefficient (Wildman–Crippen LogP) is 2.61. The molecule has 1 saturated heterocycles. The molecule has 0 spiro atoms. The van der Waals surface area contributed by atoms with Crippen LogP contribution in [0.5, 0.6) is 5.75 Å². The van der Waals surface area contributed by atoms with E-state index in [0.29, 0.717) is 36.4 Å². The number of nitrogens with zero attached hydrogens (tertiary/aromatic N) is 4. The number of hydrogen-bond acceptors (Lipinski definition) is 7. The van der Waals surface area contributed by atoms with E-state index in [9.17, 15) is 27.6 Å². The summed E-state index contributed by atoms with van der Waals surface area (Å²) in [5.74, 6) is -1.34. The first-order valence-electron chi connectivity index (χ1n) is 13.5. The fourth-order valence-corrected chi connectivity index (χ4v) is 4.63. The molecule has 11 nitrogen and oxygen atoms in total. The third kappa shape index (κ3) is 7.99. The summed E-state index contributed by atoms with van der Waals surface area (Å²) in [5, 5.41) is 6.76. The Balaban J connectivity index is 1.28. The normalized spacial score (nSPS) is 14.0. The highest BCUT2D eigenvalue weighted by Gasteiger charge is 2.32. The number of hydrogen-bond donors (Lipinski definition) is 2. The number of amides is 1. The Morgan fingerprint density at radius 2 is 1.79 bits per heavy atom. The molecule has 5 rings (SSSR count). The summed E-state index contributed by atoms with van der Waals surface area (Å²) in [6.07, 6.45) is -1.68. The third-order valence-electron chi connectivity index (χ3n) is 6.90. The SMILES string of the molecule is O=C(NCc1ccc(-c2cnn(CCN3CCOCC3)c2)cc1OC(F)(F)F)c1cc(=O)n(Cc2ccccc2)c(=O)[nH]1. The number of alkyl halides is 3. The van der Waals surface area contributed by atoms with Crippen molar-refractivity contribution in [1.29, 1.82) is 0 Å². The molecule has 14 heteroatoms. The molecule has 1 fully saturated rings. The van der Waals surface area contributed by atoms with Crippen molar-refractivity contribution >= 4 is 5.91 Å². The summed E-state index contributed by atoms with van der Waals surface area (Å²) in [6, 6.07) is 14.0. The summed E-state index contributed by atoms with van der Waals surface area (Å²) < 4.78 is 52.1. The van der Waals surface area contributed by atoms with E-state index in [-0.39, 0.29) is 24.3 Å². The number of nitrogens with one attached hydrogen (secondary N) is 2. The second-order valence-corrected chi connectivity index (χ2v) is 9.90. The molecule has 4 aromatic rings. The van der Waals surface area contributed by atoms with Crippen LogP contribution in [0.3, 0.4) is 0 Å². The lowest BCUT2D eigenvalue weighted by Gasteiger charge is -2.26. The number of carbonyl (C=O) groups excluding carboxylic acids is 1. The van der Waals surface area contributed by atoms with Gasteiger partial charge in [0.2, 0.25) is 0 Å². The zero-order valence-corrected chi connectivity index (χ0v) is 23.0. The first-order valence-corrected chi connectivity index (χ1v) is 13.5. The third-order valence-corrected chi connectivity index (χ3v) is 6.90. The van der Waals surface area contributed by atoms with Crippen molar-refractivity contribution in [3.63, 3.8) is 0 Å². The van der Waals surface area contributed by atoms with Crippen LogP contribution in [0, 0.1) is 0 Å². The molecule has 2 N–H and O–H groups in total. The van der Waals surface area contributed by atoms with Gasteiger partial charge in [-0.15, -0.1) is 13.2 Å². The van der Waals surface area contributed by atoms with Crippen LogP contribution in [0.2, 0.25) is 0 Å². The molecule has 2 aromatic heterocycles. The molecular weight excluding hydrogens is 569 g/mol. The van der Waals surface area contributed by atoms with Crippen LogP contribution in [0.1, 0.15) is 21.6 Å². The topological polar surface area (TPSA) is 123 Å². The molecule has 1 aliphatic heterocycles. The molecule has 0 atom stereocenters. The van der Waals surface area contributed by atoms with Crippen LogP contribution in [-0.4, -0.2) is 69.3 Å². The summed E-state index contributed by atoms with van der Waals surface area (Å²) in [4.78, 5) is 42.4. The van der Waals surface area contributed by atoms with E-state index in [1.807, 2.05) is 0 Å². The number of rotatable bonds is 10. The van der Waals surface area contributed by atoms with E-state index < -0.39 is 29.3 Å². The standard InChI is InChI=1S/C29H29F3N6O5/c30-29(31,32)43-25-14-21(23-17-34-37(19-23)9-8-36-10-12-42-13-11-36)6-7-22(25)16-33-27(40)24-15-26(39)38(28(41)35-24)18-20-4-2-1-3-5-20/h1-7,14-15,17,19H,8-13,16,18H2,(H,33,40)(H,35,41). The van der Waals surface area contributed by atoms with Gasteiger partial charge in [0.25, 0.3) is 11.5 Å². The maximum atomic E-state index is 13.3. The van der Waals surface area contributed by atoms with Gasteiger partial charge in [0, 0.05) is 49.6 Å². The zero-order chi connectivity index (χ0) is 30.4. The van der Waals surface area contributed by atoms with Crippen molar-refractivity contribution in [3.8, 4) is 16.9 Å². The van der Waals surface area contributed by atoms with Gasteiger partial charge in [-0.1, -0.05) is 42.5 Å². The largest absolute Gasteiger partial charge is 0.573 e. The Morgan fingerprint density at radius 3 is 2.51 bits per heavy atom. The molecule has 0 bridgehead atoms. The Labute approximate surface area is 243 Å². The van der Waals surface area contributed by atoms with Gasteiger partial charge < -0.3 is 19.8 Å². The van der Waals surface area contributed by atoms with Crippen LogP contribution in [0.4, 0.5) is 13.2 Å². The van der Waals surface area contributed by atoms with Gasteiger partial charge in [0.1, 0.15) is 11.4 Å². The minimum Gasteiger partial charge on any atom is -0.405 e. The molecule has 3 heterocycles. The van der Waals surface area contributed by atoms with Crippen molar-refractivity contribution < 1.29 is 27.4 Å². The van der Waals surface area contributed by atoms with Crippen LogP contribution < -0.4 is 21.3 Å². The summed E-state index contributed by atoms with van der Waals surface area (Å²) >= 11 is 0. The summed E-state index contributed by atoms with van der Waals surface area (Å²) in [5.41, 5.74) is -0.0245. The van der Waals surface area contributed by atoms with Crippen molar-refractivity contribution in [2.45, 2.75) is 26.0 Å².